The fourth-order valence-corrected chi connectivity index (χ4v) is 3.62. The standard InChI is InChI=1S/C25H25N5O/c1-3-4-19-9-10-26-23(11-19)17-31-24-12-21(22-14-27-29(2)15-22)16-30-25(24)20(13-28-30)8-7-18-5-6-18/h9-16,18H,3-6,17H2,1-2H3. The molecule has 4 aromatic rings. The molecule has 0 amide bonds. The molecule has 0 aromatic carbocycles. The minimum Gasteiger partial charge on any atom is -0.485 e. The maximum absolute atomic E-state index is 6.31. The van der Waals surface area contributed by atoms with Crippen LogP contribution in [-0.2, 0) is 20.1 Å². The monoisotopic (exact) mass is 411 g/mol. The molecule has 1 aliphatic carbocycles. The molecule has 0 spiro atoms. The van der Waals surface area contributed by atoms with Crippen molar-refractivity contribution < 1.29 is 4.74 Å². The number of rotatable bonds is 6. The van der Waals surface area contributed by atoms with Gasteiger partial charge < -0.3 is 4.74 Å². The molecule has 5 rings (SSSR count). The molecule has 6 heteroatoms. The van der Waals surface area contributed by atoms with Gasteiger partial charge in [-0.1, -0.05) is 25.2 Å². The highest BCUT2D eigenvalue weighted by Gasteiger charge is 2.19. The molecule has 1 aliphatic rings. The Balaban J connectivity index is 1.52. The average molecular weight is 412 g/mol. The van der Waals surface area contributed by atoms with Crippen molar-refractivity contribution in [1.82, 2.24) is 24.4 Å². The smallest absolute Gasteiger partial charge is 0.147 e. The molecular formula is C25H25N5O. The fraction of sp³-hybridized carbons (Fsp3) is 0.320. The predicted molar refractivity (Wildman–Crippen MR) is 120 cm³/mol. The molecule has 0 unspecified atom stereocenters. The van der Waals surface area contributed by atoms with E-state index in [1.54, 1.807) is 4.68 Å². The molecule has 0 atom stereocenters. The lowest BCUT2D eigenvalue weighted by Gasteiger charge is -2.11. The van der Waals surface area contributed by atoms with E-state index < -0.39 is 0 Å². The highest BCUT2D eigenvalue weighted by Crippen LogP contribution is 2.31. The van der Waals surface area contributed by atoms with Crippen LogP contribution in [0.15, 0.2) is 49.2 Å². The van der Waals surface area contributed by atoms with E-state index in [4.69, 9.17) is 4.74 Å². The average Bonchev–Trinajstić information content (AvgIpc) is 3.36. The summed E-state index contributed by atoms with van der Waals surface area (Å²) < 4.78 is 9.96. The molecule has 0 saturated heterocycles. The van der Waals surface area contributed by atoms with Crippen LogP contribution in [0.2, 0.25) is 0 Å². The highest BCUT2D eigenvalue weighted by atomic mass is 16.5. The SMILES string of the molecule is CCCc1ccnc(COc2cc(-c3cnn(C)c3)cn3ncc(C#CC4CC4)c23)c1. The lowest BCUT2D eigenvalue weighted by atomic mass is 10.1. The summed E-state index contributed by atoms with van der Waals surface area (Å²) >= 11 is 0. The lowest BCUT2D eigenvalue weighted by molar-refractivity contribution is 0.303. The number of hydrogen-bond donors (Lipinski definition) is 0. The zero-order valence-electron chi connectivity index (χ0n) is 17.9. The Bertz CT molecular complexity index is 1290. The fourth-order valence-electron chi connectivity index (χ4n) is 3.62. The topological polar surface area (TPSA) is 57.2 Å². The number of pyridine rings is 2. The first-order valence-electron chi connectivity index (χ1n) is 10.8. The molecule has 1 saturated carbocycles. The molecular weight excluding hydrogens is 386 g/mol. The van der Waals surface area contributed by atoms with E-state index >= 15 is 0 Å². The van der Waals surface area contributed by atoms with E-state index in [-0.39, 0.29) is 0 Å². The second kappa shape index (κ2) is 8.27. The Kier molecular flexibility index (Phi) is 5.17. The largest absolute Gasteiger partial charge is 0.485 e. The Hall–Kier alpha value is -3.59. The van der Waals surface area contributed by atoms with Gasteiger partial charge in [0.1, 0.15) is 17.9 Å². The van der Waals surface area contributed by atoms with Crippen LogP contribution in [0.3, 0.4) is 0 Å². The van der Waals surface area contributed by atoms with Crippen molar-refractivity contribution in [2.24, 2.45) is 13.0 Å². The molecule has 4 heterocycles. The van der Waals surface area contributed by atoms with Gasteiger partial charge in [-0.2, -0.15) is 10.2 Å². The number of nitrogens with zero attached hydrogens (tertiary/aromatic N) is 5. The maximum atomic E-state index is 6.31. The lowest BCUT2D eigenvalue weighted by Crippen LogP contribution is -2.02. The van der Waals surface area contributed by atoms with Gasteiger partial charge in [0.05, 0.1) is 23.7 Å². The van der Waals surface area contributed by atoms with Gasteiger partial charge >= 0.3 is 0 Å². The van der Waals surface area contributed by atoms with Crippen LogP contribution >= 0.6 is 0 Å². The highest BCUT2D eigenvalue weighted by molar-refractivity contribution is 5.75. The van der Waals surface area contributed by atoms with E-state index in [2.05, 4.69) is 46.1 Å². The number of aromatic nitrogens is 5. The summed E-state index contributed by atoms with van der Waals surface area (Å²) in [6.45, 7) is 2.57. The van der Waals surface area contributed by atoms with Crippen molar-refractivity contribution in [3.8, 4) is 28.7 Å². The van der Waals surface area contributed by atoms with Crippen LogP contribution in [0.1, 0.15) is 43.0 Å². The first kappa shape index (κ1) is 19.4. The van der Waals surface area contributed by atoms with E-state index in [9.17, 15) is 0 Å². The van der Waals surface area contributed by atoms with Crippen LogP contribution in [0.4, 0.5) is 0 Å². The third-order valence-electron chi connectivity index (χ3n) is 5.40. The second-order valence-corrected chi connectivity index (χ2v) is 8.08. The Morgan fingerprint density at radius 2 is 2.03 bits per heavy atom. The van der Waals surface area contributed by atoms with Crippen LogP contribution in [-0.4, -0.2) is 24.4 Å². The summed E-state index contributed by atoms with van der Waals surface area (Å²) in [6.07, 6.45) is 14.1. The Labute approximate surface area is 181 Å². The number of aryl methyl sites for hydroxylation is 2. The summed E-state index contributed by atoms with van der Waals surface area (Å²) in [5.74, 6) is 7.93. The van der Waals surface area contributed by atoms with Gasteiger partial charge in [-0.25, -0.2) is 4.52 Å². The normalized spacial score (nSPS) is 13.2. The zero-order valence-corrected chi connectivity index (χ0v) is 17.9. The Morgan fingerprint density at radius 1 is 1.13 bits per heavy atom. The van der Waals surface area contributed by atoms with Gasteiger partial charge in [0.25, 0.3) is 0 Å². The minimum atomic E-state index is 0.393. The first-order valence-corrected chi connectivity index (χ1v) is 10.8. The molecule has 156 valence electrons. The zero-order chi connectivity index (χ0) is 21.2. The summed E-state index contributed by atoms with van der Waals surface area (Å²) in [5.41, 5.74) is 6.00. The number of ether oxygens (including phenoxy) is 1. The van der Waals surface area contributed by atoms with E-state index in [1.165, 1.54) is 18.4 Å². The third kappa shape index (κ3) is 4.31. The minimum absolute atomic E-state index is 0.393. The van der Waals surface area contributed by atoms with Crippen molar-refractivity contribution in [2.45, 2.75) is 39.2 Å². The molecule has 0 radical (unpaired) electrons. The molecule has 0 bridgehead atoms. The van der Waals surface area contributed by atoms with Gasteiger partial charge in [0, 0.05) is 42.7 Å². The maximum Gasteiger partial charge on any atom is 0.147 e. The van der Waals surface area contributed by atoms with E-state index in [0.29, 0.717) is 12.5 Å². The molecule has 4 aromatic heterocycles. The van der Waals surface area contributed by atoms with Crippen LogP contribution < -0.4 is 4.74 Å². The third-order valence-corrected chi connectivity index (χ3v) is 5.40. The summed E-state index contributed by atoms with van der Waals surface area (Å²) in [6, 6.07) is 6.23. The quantitative estimate of drug-likeness (QED) is 0.441. The van der Waals surface area contributed by atoms with E-state index in [0.717, 1.165) is 46.5 Å². The van der Waals surface area contributed by atoms with Crippen molar-refractivity contribution >= 4 is 5.52 Å². The van der Waals surface area contributed by atoms with E-state index in [1.807, 2.05) is 48.6 Å². The van der Waals surface area contributed by atoms with Crippen LogP contribution in [0.25, 0.3) is 16.6 Å². The summed E-state index contributed by atoms with van der Waals surface area (Å²) in [5, 5.41) is 8.85. The van der Waals surface area contributed by atoms with Crippen molar-refractivity contribution in [1.29, 1.82) is 0 Å². The van der Waals surface area contributed by atoms with Gasteiger partial charge in [-0.3, -0.25) is 9.67 Å². The molecule has 0 aliphatic heterocycles. The van der Waals surface area contributed by atoms with Crippen molar-refractivity contribution in [3.05, 3.63) is 66.0 Å². The molecule has 6 nitrogen and oxygen atoms in total. The van der Waals surface area contributed by atoms with Gasteiger partial charge in [-0.15, -0.1) is 0 Å². The number of fused-ring (bicyclic) bond motifs is 1. The van der Waals surface area contributed by atoms with Crippen LogP contribution in [0, 0.1) is 17.8 Å². The van der Waals surface area contributed by atoms with Gasteiger partial charge in [-0.05, 0) is 43.0 Å². The summed E-state index contributed by atoms with van der Waals surface area (Å²) in [7, 11) is 1.91. The van der Waals surface area contributed by atoms with Crippen molar-refractivity contribution in [2.75, 3.05) is 0 Å². The number of hydrogen-bond acceptors (Lipinski definition) is 4. The summed E-state index contributed by atoms with van der Waals surface area (Å²) in [4.78, 5) is 4.49. The molecule has 1 fully saturated rings. The first-order chi connectivity index (χ1) is 15.2. The Morgan fingerprint density at radius 3 is 2.81 bits per heavy atom. The molecule has 31 heavy (non-hydrogen) atoms. The molecule has 0 N–H and O–H groups in total. The van der Waals surface area contributed by atoms with Gasteiger partial charge in [0.15, 0.2) is 0 Å². The van der Waals surface area contributed by atoms with Crippen LogP contribution in [0.5, 0.6) is 5.75 Å². The van der Waals surface area contributed by atoms with Gasteiger partial charge in [0.2, 0.25) is 0 Å². The predicted octanol–water partition coefficient (Wildman–Crippen LogP) is 4.42. The second-order valence-electron chi connectivity index (χ2n) is 8.08. The van der Waals surface area contributed by atoms with Crippen molar-refractivity contribution in [3.63, 3.8) is 0 Å².